The van der Waals surface area contributed by atoms with Crippen LogP contribution in [0.25, 0.3) is 0 Å². The third-order valence-corrected chi connectivity index (χ3v) is 4.48. The largest absolute Gasteiger partial charge is 0.493 e. The minimum atomic E-state index is -0.477. The highest BCUT2D eigenvalue weighted by molar-refractivity contribution is 6.31. The maximum atomic E-state index is 14.0. The van der Waals surface area contributed by atoms with Gasteiger partial charge in [-0.25, -0.2) is 4.39 Å². The zero-order valence-electron chi connectivity index (χ0n) is 15.8. The molecule has 0 aliphatic rings. The van der Waals surface area contributed by atoms with Crippen molar-refractivity contribution in [1.29, 1.82) is 0 Å². The Kier molecular flexibility index (Phi) is 6.82. The van der Waals surface area contributed by atoms with E-state index in [1.54, 1.807) is 36.4 Å². The molecule has 0 bridgehead atoms. The second-order valence-electron chi connectivity index (χ2n) is 6.04. The Morgan fingerprint density at radius 1 is 1.17 bits per heavy atom. The summed E-state index contributed by atoms with van der Waals surface area (Å²) in [5.41, 5.74) is 4.15. The summed E-state index contributed by atoms with van der Waals surface area (Å²) >= 11 is 6.06. The Labute approximate surface area is 176 Å². The summed E-state index contributed by atoms with van der Waals surface area (Å²) in [4.78, 5) is 10.2. The van der Waals surface area contributed by atoms with Crippen LogP contribution in [0.1, 0.15) is 11.1 Å². The van der Waals surface area contributed by atoms with Crippen LogP contribution in [0, 0.1) is 15.9 Å². The van der Waals surface area contributed by atoms with E-state index in [1.165, 1.54) is 37.6 Å². The summed E-state index contributed by atoms with van der Waals surface area (Å²) in [5.74, 6) is 0.350. The highest BCUT2D eigenvalue weighted by atomic mass is 35.5. The molecule has 3 rings (SSSR count). The van der Waals surface area contributed by atoms with Crippen molar-refractivity contribution in [2.24, 2.45) is 5.10 Å². The molecule has 0 heterocycles. The lowest BCUT2D eigenvalue weighted by Crippen LogP contribution is -2.03. The van der Waals surface area contributed by atoms with E-state index in [2.05, 4.69) is 10.5 Å². The molecule has 0 saturated carbocycles. The first kappa shape index (κ1) is 21.1. The van der Waals surface area contributed by atoms with Crippen LogP contribution in [0.4, 0.5) is 15.8 Å². The predicted octanol–water partition coefficient (Wildman–Crippen LogP) is 5.42. The van der Waals surface area contributed by atoms with Crippen LogP contribution in [0.15, 0.2) is 65.8 Å². The molecule has 0 amide bonds. The standard InChI is InChI=1S/C21H17ClFN3O4/c1-29-20-7-2-4-14(12-24-25-15-8-10-16(11-9-15)26(27)28)21(20)30-13-17-18(22)5-3-6-19(17)23/h2-12,25H,13H2,1H3. The normalized spacial score (nSPS) is 10.8. The van der Waals surface area contributed by atoms with Crippen molar-refractivity contribution < 1.29 is 18.8 Å². The Bertz CT molecular complexity index is 1050. The number of para-hydroxylation sites is 1. The lowest BCUT2D eigenvalue weighted by Gasteiger charge is -2.14. The smallest absolute Gasteiger partial charge is 0.269 e. The van der Waals surface area contributed by atoms with Crippen LogP contribution in [0.2, 0.25) is 5.02 Å². The number of methoxy groups -OCH3 is 1. The first-order valence-corrected chi connectivity index (χ1v) is 9.13. The van der Waals surface area contributed by atoms with E-state index in [0.717, 1.165) is 0 Å². The van der Waals surface area contributed by atoms with Crippen molar-refractivity contribution in [1.82, 2.24) is 0 Å². The third kappa shape index (κ3) is 5.03. The van der Waals surface area contributed by atoms with Gasteiger partial charge in [0.1, 0.15) is 12.4 Å². The van der Waals surface area contributed by atoms with Crippen LogP contribution >= 0.6 is 11.6 Å². The number of nitrogens with zero attached hydrogens (tertiary/aromatic N) is 2. The number of halogens is 2. The zero-order valence-corrected chi connectivity index (χ0v) is 16.6. The fourth-order valence-corrected chi connectivity index (χ4v) is 2.82. The van der Waals surface area contributed by atoms with Gasteiger partial charge < -0.3 is 9.47 Å². The SMILES string of the molecule is COc1cccc(C=NNc2ccc([N+](=O)[O-])cc2)c1OCc1c(F)cccc1Cl. The van der Waals surface area contributed by atoms with Gasteiger partial charge in [0, 0.05) is 23.3 Å². The molecule has 0 atom stereocenters. The van der Waals surface area contributed by atoms with Crippen molar-refractivity contribution in [2.75, 3.05) is 12.5 Å². The van der Waals surface area contributed by atoms with Crippen molar-refractivity contribution in [2.45, 2.75) is 6.61 Å². The van der Waals surface area contributed by atoms with Crippen LogP contribution in [-0.2, 0) is 6.61 Å². The third-order valence-electron chi connectivity index (χ3n) is 4.13. The molecule has 0 aromatic heterocycles. The summed E-state index contributed by atoms with van der Waals surface area (Å²) in [7, 11) is 1.49. The Hall–Kier alpha value is -3.65. The quantitative estimate of drug-likeness (QED) is 0.293. The molecule has 30 heavy (non-hydrogen) atoms. The highest BCUT2D eigenvalue weighted by Crippen LogP contribution is 2.32. The average molecular weight is 430 g/mol. The number of non-ortho nitro benzene ring substituents is 1. The summed E-state index contributed by atoms with van der Waals surface area (Å²) < 4.78 is 25.2. The number of hydrogen-bond donors (Lipinski definition) is 1. The van der Waals surface area contributed by atoms with E-state index in [0.29, 0.717) is 22.7 Å². The summed E-state index contributed by atoms with van der Waals surface area (Å²) in [6.45, 7) is -0.0947. The summed E-state index contributed by atoms with van der Waals surface area (Å²) in [5, 5.41) is 15.1. The van der Waals surface area contributed by atoms with E-state index >= 15 is 0 Å². The number of hydrogen-bond acceptors (Lipinski definition) is 6. The molecule has 154 valence electrons. The number of nitro benzene ring substituents is 1. The Balaban J connectivity index is 1.78. The molecule has 7 nitrogen and oxygen atoms in total. The molecular weight excluding hydrogens is 413 g/mol. The van der Waals surface area contributed by atoms with Crippen molar-refractivity contribution in [3.05, 3.63) is 92.7 Å². The average Bonchev–Trinajstić information content (AvgIpc) is 2.74. The first-order chi connectivity index (χ1) is 14.5. The van der Waals surface area contributed by atoms with E-state index in [1.807, 2.05) is 0 Å². The van der Waals surface area contributed by atoms with E-state index in [4.69, 9.17) is 21.1 Å². The topological polar surface area (TPSA) is 86.0 Å². The summed E-state index contributed by atoms with van der Waals surface area (Å²) in [6, 6.07) is 15.5. The molecule has 0 saturated heterocycles. The van der Waals surface area contributed by atoms with Crippen molar-refractivity contribution in [3.63, 3.8) is 0 Å². The fraction of sp³-hybridized carbons (Fsp3) is 0.0952. The van der Waals surface area contributed by atoms with Gasteiger partial charge in [0.15, 0.2) is 11.5 Å². The molecule has 0 fully saturated rings. The summed E-state index contributed by atoms with van der Waals surface area (Å²) in [6.07, 6.45) is 1.50. The lowest BCUT2D eigenvalue weighted by molar-refractivity contribution is -0.384. The minimum Gasteiger partial charge on any atom is -0.493 e. The van der Waals surface area contributed by atoms with Gasteiger partial charge in [-0.3, -0.25) is 15.5 Å². The number of rotatable bonds is 8. The van der Waals surface area contributed by atoms with E-state index < -0.39 is 10.7 Å². The van der Waals surface area contributed by atoms with Gasteiger partial charge in [-0.1, -0.05) is 23.7 Å². The maximum absolute atomic E-state index is 14.0. The number of ether oxygens (including phenoxy) is 2. The Morgan fingerprint density at radius 3 is 2.57 bits per heavy atom. The van der Waals surface area contributed by atoms with Crippen LogP contribution < -0.4 is 14.9 Å². The van der Waals surface area contributed by atoms with E-state index in [-0.39, 0.29) is 22.9 Å². The molecule has 1 N–H and O–H groups in total. The number of hydrazone groups is 1. The second kappa shape index (κ2) is 9.71. The second-order valence-corrected chi connectivity index (χ2v) is 6.45. The van der Waals surface area contributed by atoms with Gasteiger partial charge in [0.2, 0.25) is 0 Å². The fourth-order valence-electron chi connectivity index (χ4n) is 2.60. The predicted molar refractivity (Wildman–Crippen MR) is 113 cm³/mol. The molecule has 0 aliphatic heterocycles. The molecule has 0 radical (unpaired) electrons. The molecule has 0 unspecified atom stereocenters. The number of anilines is 1. The van der Waals surface area contributed by atoms with Gasteiger partial charge in [-0.15, -0.1) is 0 Å². The van der Waals surface area contributed by atoms with Crippen molar-refractivity contribution in [3.8, 4) is 11.5 Å². The number of nitrogens with one attached hydrogen (secondary N) is 1. The molecular formula is C21H17ClFN3O4. The molecule has 0 spiro atoms. The van der Waals surface area contributed by atoms with Crippen LogP contribution in [0.3, 0.4) is 0 Å². The minimum absolute atomic E-state index is 0.0141. The zero-order chi connectivity index (χ0) is 21.5. The Morgan fingerprint density at radius 2 is 1.90 bits per heavy atom. The van der Waals surface area contributed by atoms with Gasteiger partial charge in [0.05, 0.1) is 29.0 Å². The van der Waals surface area contributed by atoms with Crippen LogP contribution in [0.5, 0.6) is 11.5 Å². The maximum Gasteiger partial charge on any atom is 0.269 e. The van der Waals surface area contributed by atoms with Gasteiger partial charge >= 0.3 is 0 Å². The van der Waals surface area contributed by atoms with Gasteiger partial charge in [-0.2, -0.15) is 5.10 Å². The number of benzene rings is 3. The molecule has 9 heteroatoms. The molecule has 0 aliphatic carbocycles. The van der Waals surface area contributed by atoms with Gasteiger partial charge in [-0.05, 0) is 36.4 Å². The van der Waals surface area contributed by atoms with Crippen molar-refractivity contribution >= 4 is 29.2 Å². The highest BCUT2D eigenvalue weighted by Gasteiger charge is 2.13. The van der Waals surface area contributed by atoms with E-state index in [9.17, 15) is 14.5 Å². The monoisotopic (exact) mass is 429 g/mol. The lowest BCUT2D eigenvalue weighted by atomic mass is 10.2. The first-order valence-electron chi connectivity index (χ1n) is 8.76. The van der Waals surface area contributed by atoms with Crippen LogP contribution in [-0.4, -0.2) is 18.2 Å². The molecule has 3 aromatic carbocycles. The van der Waals surface area contributed by atoms with Gasteiger partial charge in [0.25, 0.3) is 5.69 Å². The number of nitro groups is 1. The molecule has 3 aromatic rings.